The van der Waals surface area contributed by atoms with Gasteiger partial charge in [0.2, 0.25) is 15.9 Å². The number of rotatable bonds is 6. The van der Waals surface area contributed by atoms with Gasteiger partial charge in [0.25, 0.3) is 0 Å². The number of carboxylic acid groups (broad SMARTS) is 1. The first-order chi connectivity index (χ1) is 12.8. The number of hydrogen-bond donors (Lipinski definition) is 1. The van der Waals surface area contributed by atoms with E-state index in [1.807, 2.05) is 18.2 Å². The first-order valence-electron chi connectivity index (χ1n) is 8.91. The molecule has 8 nitrogen and oxygen atoms in total. The lowest BCUT2D eigenvalue weighted by Gasteiger charge is -2.45. The molecule has 148 valence electrons. The normalized spacial score (nSPS) is 22.9. The molecular weight excluding hydrogens is 372 g/mol. The van der Waals surface area contributed by atoms with Crippen LogP contribution in [0.5, 0.6) is 5.75 Å². The lowest BCUT2D eigenvalue weighted by Crippen LogP contribution is -2.57. The molecule has 9 heteroatoms. The number of carbonyl (C=O) groups excluding carboxylic acids is 1. The summed E-state index contributed by atoms with van der Waals surface area (Å²) in [5.41, 5.74) is -0.796. The Balaban J connectivity index is 1.60. The van der Waals surface area contributed by atoms with Crippen molar-refractivity contribution in [3.8, 4) is 5.75 Å². The predicted octanol–water partition coefficient (Wildman–Crippen LogP) is 0.793. The monoisotopic (exact) mass is 396 g/mol. The Bertz CT molecular complexity index is 802. The van der Waals surface area contributed by atoms with Crippen molar-refractivity contribution in [1.29, 1.82) is 0 Å². The third-order valence-corrected chi connectivity index (χ3v) is 7.54. The largest absolute Gasteiger partial charge is 0.492 e. The van der Waals surface area contributed by atoms with Crippen molar-refractivity contribution in [2.45, 2.75) is 24.8 Å². The van der Waals surface area contributed by atoms with E-state index in [0.717, 1.165) is 0 Å². The SMILES string of the molecule is CN1C(=O)CC(C(=O)O)C12CCN(S(=O)(=O)CCOc1ccccc1)CC2. The van der Waals surface area contributed by atoms with Crippen LogP contribution in [0.15, 0.2) is 30.3 Å². The Kier molecular flexibility index (Phi) is 5.43. The van der Waals surface area contributed by atoms with Crippen LogP contribution < -0.4 is 4.74 Å². The van der Waals surface area contributed by atoms with Gasteiger partial charge in [-0.15, -0.1) is 0 Å². The summed E-state index contributed by atoms with van der Waals surface area (Å²) in [7, 11) is -1.90. The minimum absolute atomic E-state index is 0.0243. The molecule has 1 aromatic rings. The number of para-hydroxylation sites is 1. The number of amides is 1. The van der Waals surface area contributed by atoms with E-state index < -0.39 is 27.4 Å². The van der Waals surface area contributed by atoms with Crippen molar-refractivity contribution in [2.75, 3.05) is 32.5 Å². The van der Waals surface area contributed by atoms with Gasteiger partial charge in [-0.05, 0) is 25.0 Å². The highest BCUT2D eigenvalue weighted by molar-refractivity contribution is 7.89. The quantitative estimate of drug-likeness (QED) is 0.762. The summed E-state index contributed by atoms with van der Waals surface area (Å²) < 4.78 is 32.0. The Morgan fingerprint density at radius 1 is 1.26 bits per heavy atom. The molecule has 1 unspecified atom stereocenters. The first-order valence-corrected chi connectivity index (χ1v) is 10.5. The number of piperidine rings is 1. The second kappa shape index (κ2) is 7.47. The molecule has 2 heterocycles. The molecule has 2 aliphatic heterocycles. The highest BCUT2D eigenvalue weighted by atomic mass is 32.2. The topological polar surface area (TPSA) is 104 Å². The standard InChI is InChI=1S/C18H24N2O6S/c1-19-16(21)13-15(17(22)23)18(19)7-9-20(10-8-18)27(24,25)12-11-26-14-5-3-2-4-6-14/h2-6,15H,7-13H2,1H3,(H,22,23). The van der Waals surface area contributed by atoms with Gasteiger partial charge in [-0.2, -0.15) is 0 Å². The molecule has 1 spiro atoms. The highest BCUT2D eigenvalue weighted by Gasteiger charge is 2.56. The summed E-state index contributed by atoms with van der Waals surface area (Å²) >= 11 is 0. The van der Waals surface area contributed by atoms with Gasteiger partial charge in [-0.3, -0.25) is 9.59 Å². The van der Waals surface area contributed by atoms with Crippen LogP contribution in [-0.2, 0) is 19.6 Å². The minimum atomic E-state index is -3.51. The Hall–Kier alpha value is -2.13. The van der Waals surface area contributed by atoms with Crippen LogP contribution in [0.2, 0.25) is 0 Å². The number of benzene rings is 1. The van der Waals surface area contributed by atoms with E-state index in [4.69, 9.17) is 4.74 Å². The summed E-state index contributed by atoms with van der Waals surface area (Å²) in [6, 6.07) is 8.99. The fourth-order valence-corrected chi connectivity index (χ4v) is 5.34. The summed E-state index contributed by atoms with van der Waals surface area (Å²) in [5, 5.41) is 9.49. The third kappa shape index (κ3) is 3.79. The van der Waals surface area contributed by atoms with Gasteiger partial charge < -0.3 is 14.7 Å². The van der Waals surface area contributed by atoms with Gasteiger partial charge >= 0.3 is 5.97 Å². The summed E-state index contributed by atoms with van der Waals surface area (Å²) in [5.74, 6) is -1.52. The molecule has 1 amide bonds. The van der Waals surface area contributed by atoms with Crippen LogP contribution >= 0.6 is 0 Å². The van der Waals surface area contributed by atoms with Crippen molar-refractivity contribution in [1.82, 2.24) is 9.21 Å². The minimum Gasteiger partial charge on any atom is -0.492 e. The molecule has 1 N–H and O–H groups in total. The number of hydrogen-bond acceptors (Lipinski definition) is 5. The average molecular weight is 396 g/mol. The fraction of sp³-hybridized carbons (Fsp3) is 0.556. The van der Waals surface area contributed by atoms with E-state index in [1.54, 1.807) is 19.2 Å². The smallest absolute Gasteiger partial charge is 0.309 e. The maximum absolute atomic E-state index is 12.6. The first kappa shape index (κ1) is 19.6. The van der Waals surface area contributed by atoms with Gasteiger partial charge in [0.05, 0.1) is 17.2 Å². The van der Waals surface area contributed by atoms with Gasteiger partial charge in [-0.25, -0.2) is 12.7 Å². The van der Waals surface area contributed by atoms with Gasteiger partial charge in [0.1, 0.15) is 12.4 Å². The molecule has 0 aliphatic carbocycles. The second-order valence-electron chi connectivity index (χ2n) is 7.03. The van der Waals surface area contributed by atoms with Gasteiger partial charge in [0, 0.05) is 26.6 Å². The Labute approximate surface area is 158 Å². The zero-order chi connectivity index (χ0) is 19.7. The molecular formula is C18H24N2O6S. The van der Waals surface area contributed by atoms with Crippen molar-refractivity contribution in [3.05, 3.63) is 30.3 Å². The molecule has 0 bridgehead atoms. The number of nitrogens with zero attached hydrogens (tertiary/aromatic N) is 2. The van der Waals surface area contributed by atoms with E-state index in [1.165, 1.54) is 9.21 Å². The van der Waals surface area contributed by atoms with Crippen LogP contribution in [0.25, 0.3) is 0 Å². The lowest BCUT2D eigenvalue weighted by molar-refractivity contribution is -0.145. The van der Waals surface area contributed by atoms with Crippen molar-refractivity contribution < 1.29 is 27.9 Å². The van der Waals surface area contributed by atoms with E-state index in [9.17, 15) is 23.1 Å². The molecule has 3 rings (SSSR count). The fourth-order valence-electron chi connectivity index (χ4n) is 4.05. The predicted molar refractivity (Wildman–Crippen MR) is 97.8 cm³/mol. The highest BCUT2D eigenvalue weighted by Crippen LogP contribution is 2.43. The molecule has 2 saturated heterocycles. The Morgan fingerprint density at radius 3 is 2.48 bits per heavy atom. The van der Waals surface area contributed by atoms with Crippen molar-refractivity contribution >= 4 is 21.9 Å². The maximum atomic E-state index is 12.6. The summed E-state index contributed by atoms with van der Waals surface area (Å²) in [4.78, 5) is 25.1. The molecule has 0 radical (unpaired) electrons. The maximum Gasteiger partial charge on any atom is 0.309 e. The summed E-state index contributed by atoms with van der Waals surface area (Å²) in [6.45, 7) is 0.453. The number of carbonyl (C=O) groups is 2. The van der Waals surface area contributed by atoms with Crippen LogP contribution in [0.3, 0.4) is 0 Å². The average Bonchev–Trinajstić information content (AvgIpc) is 2.88. The number of sulfonamides is 1. The van der Waals surface area contributed by atoms with E-state index >= 15 is 0 Å². The van der Waals surface area contributed by atoms with Crippen molar-refractivity contribution in [3.63, 3.8) is 0 Å². The van der Waals surface area contributed by atoms with E-state index in [-0.39, 0.29) is 37.8 Å². The summed E-state index contributed by atoms with van der Waals surface area (Å²) in [6.07, 6.45) is 0.624. The second-order valence-corrected chi connectivity index (χ2v) is 9.12. The number of ether oxygens (including phenoxy) is 1. The number of likely N-dealkylation sites (tertiary alicyclic amines) is 1. The molecule has 0 saturated carbocycles. The third-order valence-electron chi connectivity index (χ3n) is 5.70. The molecule has 2 fully saturated rings. The van der Waals surface area contributed by atoms with E-state index in [0.29, 0.717) is 18.6 Å². The number of aliphatic carboxylic acids is 1. The Morgan fingerprint density at radius 2 is 1.89 bits per heavy atom. The van der Waals surface area contributed by atoms with Crippen LogP contribution in [-0.4, -0.2) is 72.6 Å². The lowest BCUT2D eigenvalue weighted by atomic mass is 9.77. The molecule has 27 heavy (non-hydrogen) atoms. The van der Waals surface area contributed by atoms with E-state index in [2.05, 4.69) is 0 Å². The van der Waals surface area contributed by atoms with Crippen molar-refractivity contribution in [2.24, 2.45) is 5.92 Å². The van der Waals surface area contributed by atoms with Crippen LogP contribution in [0, 0.1) is 5.92 Å². The van der Waals surface area contributed by atoms with Crippen LogP contribution in [0.4, 0.5) is 0 Å². The zero-order valence-electron chi connectivity index (χ0n) is 15.2. The number of carboxylic acids is 1. The zero-order valence-corrected chi connectivity index (χ0v) is 16.0. The molecule has 2 aliphatic rings. The van der Waals surface area contributed by atoms with Crippen LogP contribution in [0.1, 0.15) is 19.3 Å². The molecule has 1 atom stereocenters. The van der Waals surface area contributed by atoms with Gasteiger partial charge in [0.15, 0.2) is 0 Å². The molecule has 0 aromatic heterocycles. The molecule has 1 aromatic carbocycles. The van der Waals surface area contributed by atoms with Gasteiger partial charge in [-0.1, -0.05) is 18.2 Å².